The first-order valence-electron chi connectivity index (χ1n) is 8.47. The fourth-order valence-corrected chi connectivity index (χ4v) is 5.40. The number of anilines is 1. The summed E-state index contributed by atoms with van der Waals surface area (Å²) in [6.45, 7) is 1.29. The molecule has 1 aromatic heterocycles. The number of sulfonamides is 1. The predicted molar refractivity (Wildman–Crippen MR) is 107 cm³/mol. The van der Waals surface area contributed by atoms with Gasteiger partial charge in [-0.25, -0.2) is 22.8 Å². The van der Waals surface area contributed by atoms with E-state index in [9.17, 15) is 12.8 Å². The highest BCUT2D eigenvalue weighted by Crippen LogP contribution is 2.30. The van der Waals surface area contributed by atoms with Gasteiger partial charge in [0, 0.05) is 36.6 Å². The molecule has 2 aromatic carbocycles. The van der Waals surface area contributed by atoms with Crippen LogP contribution in [0.15, 0.2) is 47.6 Å². The van der Waals surface area contributed by atoms with E-state index < -0.39 is 15.8 Å². The summed E-state index contributed by atoms with van der Waals surface area (Å²) < 4.78 is 41.3. The molecule has 0 N–H and O–H groups in total. The van der Waals surface area contributed by atoms with Crippen molar-refractivity contribution in [2.75, 3.05) is 31.1 Å². The lowest BCUT2D eigenvalue weighted by atomic mass is 10.2. The Bertz CT molecular complexity index is 1150. The molecule has 0 spiro atoms. The average molecular weight is 441 g/mol. The molecule has 28 heavy (non-hydrogen) atoms. The van der Waals surface area contributed by atoms with Gasteiger partial charge < -0.3 is 4.90 Å². The molecule has 1 fully saturated rings. The summed E-state index contributed by atoms with van der Waals surface area (Å²) in [7, 11) is -3.77. The van der Waals surface area contributed by atoms with Crippen molar-refractivity contribution < 1.29 is 12.8 Å². The van der Waals surface area contributed by atoms with Crippen molar-refractivity contribution >= 4 is 49.9 Å². The normalized spacial score (nSPS) is 15.9. The summed E-state index contributed by atoms with van der Waals surface area (Å²) in [5.74, 6) is 0.167. The van der Waals surface area contributed by atoms with Gasteiger partial charge in [-0.3, -0.25) is 0 Å². The summed E-state index contributed by atoms with van der Waals surface area (Å²) in [4.78, 5) is 10.2. The molecule has 2 heterocycles. The van der Waals surface area contributed by atoms with Crippen molar-refractivity contribution in [3.63, 3.8) is 0 Å². The number of para-hydroxylation sites is 1. The Morgan fingerprint density at radius 3 is 2.50 bits per heavy atom. The number of halogens is 3. The first-order chi connectivity index (χ1) is 13.4. The Balaban J connectivity index is 1.59. The standard InChI is InChI=1S/C18H15Cl2FN4O2S/c19-12-4-5-14(20)16(10-12)28(26,27)25-8-6-24(7-9-25)18-13-2-1-3-15(21)17(13)22-11-23-18/h1-5,10-11H,6-9H2. The van der Waals surface area contributed by atoms with Crippen LogP contribution in [0.3, 0.4) is 0 Å². The minimum Gasteiger partial charge on any atom is -0.353 e. The maximum Gasteiger partial charge on any atom is 0.244 e. The third kappa shape index (κ3) is 3.41. The van der Waals surface area contributed by atoms with Gasteiger partial charge in [0.05, 0.1) is 5.02 Å². The highest BCUT2D eigenvalue weighted by molar-refractivity contribution is 7.89. The van der Waals surface area contributed by atoms with E-state index in [-0.39, 0.29) is 28.5 Å². The second-order valence-electron chi connectivity index (χ2n) is 6.30. The second kappa shape index (κ2) is 7.44. The summed E-state index contributed by atoms with van der Waals surface area (Å²) in [5, 5.41) is 1.02. The SMILES string of the molecule is O=S(=O)(c1cc(Cl)ccc1Cl)N1CCN(c2ncnc3c(F)cccc23)CC1. The third-order valence-electron chi connectivity index (χ3n) is 4.64. The van der Waals surface area contributed by atoms with Gasteiger partial charge in [-0.05, 0) is 30.3 Å². The lowest BCUT2D eigenvalue weighted by Gasteiger charge is -2.35. The van der Waals surface area contributed by atoms with Gasteiger partial charge >= 0.3 is 0 Å². The topological polar surface area (TPSA) is 66.4 Å². The van der Waals surface area contributed by atoms with Gasteiger partial charge in [-0.2, -0.15) is 4.31 Å². The fraction of sp³-hybridized carbons (Fsp3) is 0.222. The van der Waals surface area contributed by atoms with Crippen LogP contribution >= 0.6 is 23.2 Å². The van der Waals surface area contributed by atoms with Crippen molar-refractivity contribution in [2.45, 2.75) is 4.90 Å². The third-order valence-corrected chi connectivity index (χ3v) is 7.26. The van der Waals surface area contributed by atoms with E-state index >= 15 is 0 Å². The van der Waals surface area contributed by atoms with E-state index in [0.29, 0.717) is 29.3 Å². The predicted octanol–water partition coefficient (Wildman–Crippen LogP) is 3.59. The molecule has 0 aliphatic carbocycles. The van der Waals surface area contributed by atoms with Crippen LogP contribution < -0.4 is 4.90 Å². The number of piperazine rings is 1. The van der Waals surface area contributed by atoms with Crippen molar-refractivity contribution in [3.8, 4) is 0 Å². The Hall–Kier alpha value is -2.00. The van der Waals surface area contributed by atoms with Crippen LogP contribution in [0.2, 0.25) is 10.0 Å². The maximum absolute atomic E-state index is 14.0. The van der Waals surface area contributed by atoms with E-state index in [1.165, 1.54) is 28.8 Å². The van der Waals surface area contributed by atoms with Crippen LogP contribution in [0.4, 0.5) is 10.2 Å². The van der Waals surface area contributed by atoms with E-state index in [1.807, 2.05) is 4.90 Å². The number of hydrogen-bond acceptors (Lipinski definition) is 5. The Morgan fingerprint density at radius 1 is 1.00 bits per heavy atom. The summed E-state index contributed by atoms with van der Waals surface area (Å²) in [6.07, 6.45) is 1.32. The van der Waals surface area contributed by atoms with Crippen molar-refractivity contribution in [1.82, 2.24) is 14.3 Å². The zero-order chi connectivity index (χ0) is 19.9. The maximum atomic E-state index is 14.0. The lowest BCUT2D eigenvalue weighted by molar-refractivity contribution is 0.384. The van der Waals surface area contributed by atoms with Crippen LogP contribution in [0.25, 0.3) is 10.9 Å². The zero-order valence-corrected chi connectivity index (χ0v) is 16.8. The van der Waals surface area contributed by atoms with Crippen LogP contribution in [0.1, 0.15) is 0 Å². The van der Waals surface area contributed by atoms with Gasteiger partial charge in [0.1, 0.15) is 28.4 Å². The summed E-state index contributed by atoms with van der Waals surface area (Å²) in [5.41, 5.74) is 0.244. The van der Waals surface area contributed by atoms with E-state index in [4.69, 9.17) is 23.2 Å². The second-order valence-corrected chi connectivity index (χ2v) is 9.05. The minimum atomic E-state index is -3.77. The van der Waals surface area contributed by atoms with Gasteiger partial charge in [0.25, 0.3) is 0 Å². The molecule has 0 amide bonds. The number of hydrogen-bond donors (Lipinski definition) is 0. The highest BCUT2D eigenvalue weighted by atomic mass is 35.5. The number of fused-ring (bicyclic) bond motifs is 1. The quantitative estimate of drug-likeness (QED) is 0.622. The molecule has 0 radical (unpaired) electrons. The lowest BCUT2D eigenvalue weighted by Crippen LogP contribution is -2.49. The van der Waals surface area contributed by atoms with Gasteiger partial charge in [0.15, 0.2) is 0 Å². The van der Waals surface area contributed by atoms with Crippen LogP contribution in [0, 0.1) is 5.82 Å². The first kappa shape index (κ1) is 19.3. The van der Waals surface area contributed by atoms with Crippen LogP contribution in [-0.4, -0.2) is 48.9 Å². The molecule has 6 nitrogen and oxygen atoms in total. The molecule has 0 unspecified atom stereocenters. The monoisotopic (exact) mass is 440 g/mol. The molecule has 146 valence electrons. The van der Waals surface area contributed by atoms with Crippen molar-refractivity contribution in [1.29, 1.82) is 0 Å². The van der Waals surface area contributed by atoms with Crippen LogP contribution in [-0.2, 0) is 10.0 Å². The molecule has 4 rings (SSSR count). The molecular weight excluding hydrogens is 426 g/mol. The molecule has 0 atom stereocenters. The average Bonchev–Trinajstić information content (AvgIpc) is 2.70. The molecule has 10 heteroatoms. The molecular formula is C18H15Cl2FN4O2S. The largest absolute Gasteiger partial charge is 0.353 e. The number of rotatable bonds is 3. The minimum absolute atomic E-state index is 0.00956. The Labute approximate surface area is 171 Å². The fourth-order valence-electron chi connectivity index (χ4n) is 3.24. The number of aromatic nitrogens is 2. The van der Waals surface area contributed by atoms with E-state index in [2.05, 4.69) is 9.97 Å². The molecule has 1 aliphatic heterocycles. The summed E-state index contributed by atoms with van der Waals surface area (Å²) >= 11 is 12.0. The Kier molecular flexibility index (Phi) is 5.13. The van der Waals surface area contributed by atoms with Gasteiger partial charge in [-0.15, -0.1) is 0 Å². The molecule has 1 saturated heterocycles. The zero-order valence-electron chi connectivity index (χ0n) is 14.5. The van der Waals surface area contributed by atoms with E-state index in [0.717, 1.165) is 0 Å². The smallest absolute Gasteiger partial charge is 0.244 e. The van der Waals surface area contributed by atoms with Crippen molar-refractivity contribution in [3.05, 3.63) is 58.6 Å². The summed E-state index contributed by atoms with van der Waals surface area (Å²) in [6, 6.07) is 9.06. The van der Waals surface area contributed by atoms with Crippen molar-refractivity contribution in [2.24, 2.45) is 0 Å². The highest BCUT2D eigenvalue weighted by Gasteiger charge is 2.31. The van der Waals surface area contributed by atoms with Gasteiger partial charge in [-0.1, -0.05) is 29.3 Å². The molecule has 0 saturated carbocycles. The van der Waals surface area contributed by atoms with E-state index in [1.54, 1.807) is 18.2 Å². The molecule has 3 aromatic rings. The number of nitrogens with zero attached hydrogens (tertiary/aromatic N) is 4. The number of benzene rings is 2. The first-order valence-corrected chi connectivity index (χ1v) is 10.7. The molecule has 1 aliphatic rings. The Morgan fingerprint density at radius 2 is 1.75 bits per heavy atom. The van der Waals surface area contributed by atoms with Gasteiger partial charge in [0.2, 0.25) is 10.0 Å². The molecule has 0 bridgehead atoms. The van der Waals surface area contributed by atoms with Crippen LogP contribution in [0.5, 0.6) is 0 Å².